The molecule has 2 aromatic rings. The first-order valence-electron chi connectivity index (χ1n) is 5.78. The summed E-state index contributed by atoms with van der Waals surface area (Å²) in [5, 5.41) is 9.39. The van der Waals surface area contributed by atoms with Gasteiger partial charge in [-0.15, -0.1) is 0 Å². The Balaban J connectivity index is 2.64. The van der Waals surface area contributed by atoms with Gasteiger partial charge >= 0.3 is 12.1 Å². The molecular weight excluding hydrogens is 273 g/mol. The van der Waals surface area contributed by atoms with Crippen LogP contribution in [0.1, 0.15) is 29.9 Å². The maximum absolute atomic E-state index is 12.7. The van der Waals surface area contributed by atoms with Crippen LogP contribution in [-0.4, -0.2) is 21.0 Å². The van der Waals surface area contributed by atoms with Gasteiger partial charge in [0.2, 0.25) is 0 Å². The second kappa shape index (κ2) is 4.73. The van der Waals surface area contributed by atoms with E-state index in [-0.39, 0.29) is 11.3 Å². The molecule has 0 amide bonds. The highest BCUT2D eigenvalue weighted by Crippen LogP contribution is 2.31. The van der Waals surface area contributed by atoms with Gasteiger partial charge in [0.15, 0.2) is 0 Å². The van der Waals surface area contributed by atoms with Gasteiger partial charge in [0.05, 0.1) is 11.1 Å². The number of carboxylic acids is 1. The van der Waals surface area contributed by atoms with Crippen molar-refractivity contribution in [3.05, 3.63) is 35.3 Å². The Bertz CT molecular complexity index is 683. The first-order chi connectivity index (χ1) is 9.20. The van der Waals surface area contributed by atoms with Crippen LogP contribution in [0.2, 0.25) is 0 Å². The standard InChI is InChI=1S/C13H11F3N2O2/c1-6(12(19)20)11-17-7(2)9-4-3-8(13(14,15)16)5-10(9)18-11/h3-6H,1-2H3,(H,19,20). The van der Waals surface area contributed by atoms with Crippen molar-refractivity contribution >= 4 is 16.9 Å². The number of nitrogens with zero attached hydrogens (tertiary/aromatic N) is 2. The molecule has 0 aliphatic heterocycles. The SMILES string of the molecule is Cc1nc(C(C)C(=O)O)nc2cc(C(F)(F)F)ccc12. The van der Waals surface area contributed by atoms with E-state index in [1.807, 2.05) is 0 Å². The van der Waals surface area contributed by atoms with E-state index in [1.165, 1.54) is 13.0 Å². The molecule has 0 radical (unpaired) electrons. The molecule has 0 aliphatic rings. The molecule has 20 heavy (non-hydrogen) atoms. The third kappa shape index (κ3) is 2.56. The van der Waals surface area contributed by atoms with Crippen molar-refractivity contribution < 1.29 is 23.1 Å². The Labute approximate surface area is 112 Å². The fourth-order valence-corrected chi connectivity index (χ4v) is 1.79. The molecule has 0 bridgehead atoms. The molecule has 106 valence electrons. The lowest BCUT2D eigenvalue weighted by Gasteiger charge is -2.11. The number of carboxylic acid groups (broad SMARTS) is 1. The lowest BCUT2D eigenvalue weighted by atomic mass is 10.1. The summed E-state index contributed by atoms with van der Waals surface area (Å²) in [6.45, 7) is 2.99. The van der Waals surface area contributed by atoms with Crippen molar-refractivity contribution in [2.45, 2.75) is 25.9 Å². The number of benzene rings is 1. The third-order valence-corrected chi connectivity index (χ3v) is 2.99. The van der Waals surface area contributed by atoms with Crippen LogP contribution in [-0.2, 0) is 11.0 Å². The van der Waals surface area contributed by atoms with Crippen LogP contribution in [0, 0.1) is 6.92 Å². The smallest absolute Gasteiger partial charge is 0.416 e. The molecular formula is C13H11F3N2O2. The van der Waals surface area contributed by atoms with Crippen molar-refractivity contribution in [2.24, 2.45) is 0 Å². The van der Waals surface area contributed by atoms with E-state index in [9.17, 15) is 18.0 Å². The number of halogens is 3. The lowest BCUT2D eigenvalue weighted by Crippen LogP contribution is -2.12. The van der Waals surface area contributed by atoms with Gasteiger partial charge in [0, 0.05) is 11.1 Å². The maximum Gasteiger partial charge on any atom is 0.416 e. The summed E-state index contributed by atoms with van der Waals surface area (Å²) in [4.78, 5) is 18.9. The number of aryl methyl sites for hydroxylation is 1. The van der Waals surface area contributed by atoms with Crippen molar-refractivity contribution in [2.75, 3.05) is 0 Å². The van der Waals surface area contributed by atoms with E-state index in [0.29, 0.717) is 11.1 Å². The third-order valence-electron chi connectivity index (χ3n) is 2.99. The topological polar surface area (TPSA) is 63.1 Å². The quantitative estimate of drug-likeness (QED) is 0.920. The molecule has 2 rings (SSSR count). The molecule has 1 heterocycles. The second-order valence-electron chi connectivity index (χ2n) is 4.46. The molecule has 0 saturated heterocycles. The van der Waals surface area contributed by atoms with Crippen LogP contribution in [0.5, 0.6) is 0 Å². The molecule has 1 N–H and O–H groups in total. The average Bonchev–Trinajstić information content (AvgIpc) is 2.35. The molecule has 1 aromatic carbocycles. The number of aliphatic carboxylic acids is 1. The Hall–Kier alpha value is -2.18. The maximum atomic E-state index is 12.7. The monoisotopic (exact) mass is 284 g/mol. The molecule has 1 unspecified atom stereocenters. The first kappa shape index (κ1) is 14.2. The number of carbonyl (C=O) groups is 1. The molecule has 0 spiro atoms. The zero-order valence-electron chi connectivity index (χ0n) is 10.7. The van der Waals surface area contributed by atoms with Crippen LogP contribution in [0.25, 0.3) is 10.9 Å². The number of hydrogen-bond donors (Lipinski definition) is 1. The van der Waals surface area contributed by atoms with Crippen molar-refractivity contribution in [3.8, 4) is 0 Å². The Kier molecular flexibility index (Phi) is 3.37. The lowest BCUT2D eigenvalue weighted by molar-refractivity contribution is -0.139. The Morgan fingerprint density at radius 1 is 1.30 bits per heavy atom. The van der Waals surface area contributed by atoms with E-state index < -0.39 is 23.6 Å². The molecule has 1 atom stereocenters. The summed E-state index contributed by atoms with van der Waals surface area (Å²) in [5.41, 5.74) is -0.278. The highest BCUT2D eigenvalue weighted by Gasteiger charge is 2.31. The van der Waals surface area contributed by atoms with Crippen LogP contribution < -0.4 is 0 Å². The van der Waals surface area contributed by atoms with Gasteiger partial charge in [0.1, 0.15) is 11.7 Å². The number of hydrogen-bond acceptors (Lipinski definition) is 3. The number of rotatable bonds is 2. The summed E-state index contributed by atoms with van der Waals surface area (Å²) >= 11 is 0. The van der Waals surface area contributed by atoms with E-state index in [4.69, 9.17) is 5.11 Å². The summed E-state index contributed by atoms with van der Waals surface area (Å²) in [7, 11) is 0. The summed E-state index contributed by atoms with van der Waals surface area (Å²) in [5.74, 6) is -2.11. The van der Waals surface area contributed by atoms with Gasteiger partial charge in [-0.25, -0.2) is 9.97 Å². The fraction of sp³-hybridized carbons (Fsp3) is 0.308. The van der Waals surface area contributed by atoms with E-state index in [2.05, 4.69) is 9.97 Å². The zero-order valence-corrected chi connectivity index (χ0v) is 10.7. The van der Waals surface area contributed by atoms with Crippen LogP contribution >= 0.6 is 0 Å². The minimum Gasteiger partial charge on any atom is -0.481 e. The van der Waals surface area contributed by atoms with Crippen LogP contribution in [0.15, 0.2) is 18.2 Å². The highest BCUT2D eigenvalue weighted by atomic mass is 19.4. The highest BCUT2D eigenvalue weighted by molar-refractivity contribution is 5.82. The van der Waals surface area contributed by atoms with E-state index in [1.54, 1.807) is 6.92 Å². The second-order valence-corrected chi connectivity index (χ2v) is 4.46. The molecule has 4 nitrogen and oxygen atoms in total. The molecule has 1 aromatic heterocycles. The summed E-state index contributed by atoms with van der Waals surface area (Å²) in [6.07, 6.45) is -4.47. The van der Waals surface area contributed by atoms with Gasteiger partial charge in [-0.2, -0.15) is 13.2 Å². The predicted molar refractivity (Wildman–Crippen MR) is 65.3 cm³/mol. The largest absolute Gasteiger partial charge is 0.481 e. The van der Waals surface area contributed by atoms with Gasteiger partial charge in [-0.3, -0.25) is 4.79 Å². The van der Waals surface area contributed by atoms with Gasteiger partial charge in [0.25, 0.3) is 0 Å². The Morgan fingerprint density at radius 2 is 1.95 bits per heavy atom. The van der Waals surface area contributed by atoms with Crippen LogP contribution in [0.4, 0.5) is 13.2 Å². The van der Waals surface area contributed by atoms with Gasteiger partial charge < -0.3 is 5.11 Å². The molecule has 7 heteroatoms. The van der Waals surface area contributed by atoms with Crippen molar-refractivity contribution in [1.29, 1.82) is 0 Å². The summed E-state index contributed by atoms with van der Waals surface area (Å²) < 4.78 is 38.0. The number of aromatic nitrogens is 2. The fourth-order valence-electron chi connectivity index (χ4n) is 1.79. The minimum atomic E-state index is -4.47. The molecule has 0 aliphatic carbocycles. The minimum absolute atomic E-state index is 0.00169. The summed E-state index contributed by atoms with van der Waals surface area (Å²) in [6, 6.07) is 3.16. The average molecular weight is 284 g/mol. The number of alkyl halides is 3. The predicted octanol–water partition coefficient (Wildman–Crippen LogP) is 3.15. The molecule has 0 saturated carbocycles. The zero-order chi connectivity index (χ0) is 15.1. The van der Waals surface area contributed by atoms with Crippen LogP contribution in [0.3, 0.4) is 0 Å². The van der Waals surface area contributed by atoms with Gasteiger partial charge in [-0.05, 0) is 26.0 Å². The van der Waals surface area contributed by atoms with E-state index >= 15 is 0 Å². The normalized spacial score (nSPS) is 13.4. The molecule has 0 fully saturated rings. The van der Waals surface area contributed by atoms with Gasteiger partial charge in [-0.1, -0.05) is 6.07 Å². The number of fused-ring (bicyclic) bond motifs is 1. The van der Waals surface area contributed by atoms with Crippen molar-refractivity contribution in [3.63, 3.8) is 0 Å². The van der Waals surface area contributed by atoms with Crippen molar-refractivity contribution in [1.82, 2.24) is 9.97 Å². The van der Waals surface area contributed by atoms with E-state index in [0.717, 1.165) is 12.1 Å². The Morgan fingerprint density at radius 3 is 2.50 bits per heavy atom. The first-order valence-corrected chi connectivity index (χ1v) is 5.78.